The summed E-state index contributed by atoms with van der Waals surface area (Å²) >= 11 is 0. The second kappa shape index (κ2) is 8.58. The number of hydrogen-bond donors (Lipinski definition) is 1. The highest BCUT2D eigenvalue weighted by Crippen LogP contribution is 2.28. The highest BCUT2D eigenvalue weighted by molar-refractivity contribution is 5.22. The molecule has 0 aliphatic rings. The maximum Gasteiger partial charge on any atom is 0.251 e. The lowest BCUT2D eigenvalue weighted by atomic mass is 9.89. The number of nitrogens with zero attached hydrogens (tertiary/aromatic N) is 5. The van der Waals surface area contributed by atoms with Gasteiger partial charge in [-0.25, -0.2) is 0 Å². The summed E-state index contributed by atoms with van der Waals surface area (Å²) in [6.07, 6.45) is 0.889. The van der Waals surface area contributed by atoms with Crippen LogP contribution >= 0.6 is 0 Å². The molecule has 0 aliphatic carbocycles. The number of hydrogen-bond acceptors (Lipinski definition) is 7. The maximum atomic E-state index is 9.38. The molecule has 2 unspecified atom stereocenters. The van der Waals surface area contributed by atoms with Gasteiger partial charge in [0, 0.05) is 26.6 Å². The summed E-state index contributed by atoms with van der Waals surface area (Å²) in [5.74, 6) is -0.0407. The monoisotopic (exact) mass is 319 g/mol. The van der Waals surface area contributed by atoms with E-state index in [4.69, 9.17) is 9.84 Å². The lowest BCUT2D eigenvalue weighted by Gasteiger charge is -2.29. The summed E-state index contributed by atoms with van der Waals surface area (Å²) in [6.45, 7) is 7.03. The topological polar surface area (TPSA) is 126 Å². The first-order valence-corrected chi connectivity index (χ1v) is 7.45. The summed E-state index contributed by atoms with van der Waals surface area (Å²) in [6, 6.07) is 5.82. The van der Waals surface area contributed by atoms with Crippen LogP contribution in [0.4, 0.5) is 0 Å². The molecule has 0 saturated heterocycles. The van der Waals surface area contributed by atoms with E-state index in [1.807, 2.05) is 32.9 Å². The van der Waals surface area contributed by atoms with E-state index in [-0.39, 0.29) is 25.4 Å². The summed E-state index contributed by atoms with van der Waals surface area (Å²) in [7, 11) is 1.54. The van der Waals surface area contributed by atoms with Gasteiger partial charge < -0.3 is 9.84 Å². The van der Waals surface area contributed by atoms with Crippen molar-refractivity contribution in [1.82, 2.24) is 0 Å². The SMILES string of the molecule is COC(C)(C)CC(C)(C#N)N=NC(C#N)(C#N)CCC(C)CO. The van der Waals surface area contributed by atoms with Crippen LogP contribution in [-0.2, 0) is 4.74 Å². The van der Waals surface area contributed by atoms with Crippen molar-refractivity contribution in [2.45, 2.75) is 63.6 Å². The van der Waals surface area contributed by atoms with Crippen molar-refractivity contribution in [3.63, 3.8) is 0 Å². The van der Waals surface area contributed by atoms with Crippen LogP contribution in [0.5, 0.6) is 0 Å². The van der Waals surface area contributed by atoms with Crippen LogP contribution < -0.4 is 0 Å². The van der Waals surface area contributed by atoms with Crippen molar-refractivity contribution in [1.29, 1.82) is 15.8 Å². The summed E-state index contributed by atoms with van der Waals surface area (Å²) in [5, 5.41) is 45.0. The fourth-order valence-electron chi connectivity index (χ4n) is 1.97. The fraction of sp³-hybridized carbons (Fsp3) is 0.812. The van der Waals surface area contributed by atoms with Gasteiger partial charge in [0.2, 0.25) is 0 Å². The molecule has 0 heterocycles. The minimum atomic E-state index is -1.64. The molecule has 0 saturated carbocycles. The van der Waals surface area contributed by atoms with E-state index in [9.17, 15) is 15.8 Å². The molecule has 7 heteroatoms. The summed E-state index contributed by atoms with van der Waals surface area (Å²) < 4.78 is 5.30. The van der Waals surface area contributed by atoms with Crippen molar-refractivity contribution in [3.8, 4) is 18.2 Å². The highest BCUT2D eigenvalue weighted by atomic mass is 16.5. The molecule has 126 valence electrons. The Bertz CT molecular complexity index is 524. The summed E-state index contributed by atoms with van der Waals surface area (Å²) in [4.78, 5) is 0. The quantitative estimate of drug-likeness (QED) is 0.654. The average Bonchev–Trinajstić information content (AvgIpc) is 2.55. The molecule has 0 radical (unpaired) electrons. The minimum Gasteiger partial charge on any atom is -0.396 e. The number of nitriles is 3. The summed E-state index contributed by atoms with van der Waals surface area (Å²) in [5.41, 5.74) is -3.42. The largest absolute Gasteiger partial charge is 0.396 e. The van der Waals surface area contributed by atoms with E-state index >= 15 is 0 Å². The predicted molar refractivity (Wildman–Crippen MR) is 84.0 cm³/mol. The molecular weight excluding hydrogens is 294 g/mol. The van der Waals surface area contributed by atoms with Gasteiger partial charge in [-0.2, -0.15) is 26.0 Å². The molecule has 7 nitrogen and oxygen atoms in total. The lowest BCUT2D eigenvalue weighted by Crippen LogP contribution is -2.35. The number of rotatable bonds is 9. The van der Waals surface area contributed by atoms with Gasteiger partial charge in [0.15, 0.2) is 5.54 Å². The molecule has 0 aromatic rings. The molecule has 0 rings (SSSR count). The zero-order valence-corrected chi connectivity index (χ0v) is 14.5. The molecular formula is C16H25N5O2. The maximum absolute atomic E-state index is 9.38. The Balaban J connectivity index is 5.33. The Morgan fingerprint density at radius 2 is 1.65 bits per heavy atom. The standard InChI is InChI=1S/C16H25N5O2/c1-13(8-22)6-7-16(11-18,12-19)21-20-15(4,10-17)9-14(2,3)23-5/h13,22H,6-9H2,1-5H3. The zero-order chi connectivity index (χ0) is 18.1. The lowest BCUT2D eigenvalue weighted by molar-refractivity contribution is 0.00468. The predicted octanol–water partition coefficient (Wildman–Crippen LogP) is 2.73. The molecule has 0 spiro atoms. The number of azo groups is 1. The second-order valence-electron chi connectivity index (χ2n) is 6.64. The van der Waals surface area contributed by atoms with E-state index in [1.54, 1.807) is 14.0 Å². The minimum absolute atomic E-state index is 0.0258. The second-order valence-corrected chi connectivity index (χ2v) is 6.64. The van der Waals surface area contributed by atoms with Gasteiger partial charge in [0.25, 0.3) is 5.54 Å². The van der Waals surface area contributed by atoms with Crippen molar-refractivity contribution < 1.29 is 9.84 Å². The molecule has 1 N–H and O–H groups in total. The molecule has 0 amide bonds. The van der Waals surface area contributed by atoms with Gasteiger partial charge in [0.1, 0.15) is 12.1 Å². The number of ether oxygens (including phenoxy) is 1. The van der Waals surface area contributed by atoms with Gasteiger partial charge >= 0.3 is 0 Å². The van der Waals surface area contributed by atoms with E-state index in [2.05, 4.69) is 16.3 Å². The Kier molecular flexibility index (Phi) is 7.83. The number of aliphatic hydroxyl groups excluding tert-OH is 1. The zero-order valence-electron chi connectivity index (χ0n) is 14.5. The number of methoxy groups -OCH3 is 1. The highest BCUT2D eigenvalue weighted by Gasteiger charge is 2.36. The number of aliphatic hydroxyl groups is 1. The van der Waals surface area contributed by atoms with Crippen molar-refractivity contribution in [2.24, 2.45) is 16.1 Å². The first-order chi connectivity index (χ1) is 10.6. The van der Waals surface area contributed by atoms with Gasteiger partial charge in [-0.3, -0.25) is 0 Å². The van der Waals surface area contributed by atoms with E-state index in [1.165, 1.54) is 0 Å². The molecule has 2 atom stereocenters. The van der Waals surface area contributed by atoms with E-state index < -0.39 is 16.7 Å². The molecule has 0 aliphatic heterocycles. The van der Waals surface area contributed by atoms with Crippen LogP contribution in [0.1, 0.15) is 47.0 Å². The normalized spacial score (nSPS) is 16.1. The van der Waals surface area contributed by atoms with Crippen molar-refractivity contribution in [3.05, 3.63) is 0 Å². The van der Waals surface area contributed by atoms with Crippen LogP contribution in [0.15, 0.2) is 10.2 Å². The van der Waals surface area contributed by atoms with Crippen LogP contribution in [0, 0.1) is 39.9 Å². The van der Waals surface area contributed by atoms with Crippen LogP contribution in [0.3, 0.4) is 0 Å². The third kappa shape index (κ3) is 6.74. The molecule has 23 heavy (non-hydrogen) atoms. The first-order valence-electron chi connectivity index (χ1n) is 7.45. The van der Waals surface area contributed by atoms with Crippen molar-refractivity contribution >= 4 is 0 Å². The van der Waals surface area contributed by atoms with Gasteiger partial charge in [-0.05, 0) is 33.1 Å². The Morgan fingerprint density at radius 1 is 1.09 bits per heavy atom. The average molecular weight is 319 g/mol. The van der Waals surface area contributed by atoms with Crippen LogP contribution in [0.25, 0.3) is 0 Å². The smallest absolute Gasteiger partial charge is 0.251 e. The Morgan fingerprint density at radius 3 is 2.04 bits per heavy atom. The molecule has 0 bridgehead atoms. The fourth-order valence-corrected chi connectivity index (χ4v) is 1.97. The van der Waals surface area contributed by atoms with E-state index in [0.717, 1.165) is 0 Å². The molecule has 0 aromatic carbocycles. The van der Waals surface area contributed by atoms with Gasteiger partial charge in [0.05, 0.1) is 11.7 Å². The van der Waals surface area contributed by atoms with Gasteiger partial charge in [-0.1, -0.05) is 6.92 Å². The molecule has 0 fully saturated rings. The van der Waals surface area contributed by atoms with Gasteiger partial charge in [-0.15, -0.1) is 0 Å². The third-order valence-electron chi connectivity index (χ3n) is 3.69. The van der Waals surface area contributed by atoms with E-state index in [0.29, 0.717) is 6.42 Å². The molecule has 0 aromatic heterocycles. The van der Waals surface area contributed by atoms with Crippen LogP contribution in [-0.4, -0.2) is 35.5 Å². The third-order valence-corrected chi connectivity index (χ3v) is 3.69. The Hall–Kier alpha value is -2.01. The van der Waals surface area contributed by atoms with Crippen LogP contribution in [0.2, 0.25) is 0 Å². The van der Waals surface area contributed by atoms with Crippen molar-refractivity contribution in [2.75, 3.05) is 13.7 Å². The first kappa shape index (κ1) is 21.0. The Labute approximate surface area is 138 Å².